The van der Waals surface area contributed by atoms with Crippen LogP contribution in [0.15, 0.2) is 6.07 Å². The molecule has 1 aliphatic heterocycles. The first kappa shape index (κ1) is 11.1. The van der Waals surface area contributed by atoms with Crippen molar-refractivity contribution in [3.63, 3.8) is 0 Å². The molecule has 0 radical (unpaired) electrons. The van der Waals surface area contributed by atoms with Gasteiger partial charge in [-0.25, -0.2) is 4.79 Å². The summed E-state index contributed by atoms with van der Waals surface area (Å²) in [7, 11) is 0. The number of ether oxygens (including phenoxy) is 2. The predicted molar refractivity (Wildman–Crippen MR) is 58.8 cm³/mol. The maximum atomic E-state index is 11.1. The van der Waals surface area contributed by atoms with E-state index in [1.54, 1.807) is 0 Å². The number of carboxylic acid groups (broad SMARTS) is 1. The van der Waals surface area contributed by atoms with Gasteiger partial charge in [0.05, 0.1) is 10.6 Å². The van der Waals surface area contributed by atoms with E-state index in [9.17, 15) is 4.79 Å². The van der Waals surface area contributed by atoms with Gasteiger partial charge in [0.15, 0.2) is 11.5 Å². The molecule has 0 bridgehead atoms. The van der Waals surface area contributed by atoms with Crippen molar-refractivity contribution in [3.05, 3.63) is 22.2 Å². The summed E-state index contributed by atoms with van der Waals surface area (Å²) < 4.78 is 10.8. The van der Waals surface area contributed by atoms with Crippen molar-refractivity contribution in [2.75, 3.05) is 13.2 Å². The maximum absolute atomic E-state index is 11.1. The lowest BCUT2D eigenvalue weighted by molar-refractivity contribution is 0.0694. The summed E-state index contributed by atoms with van der Waals surface area (Å²) >= 11 is 5.92. The average molecular weight is 243 g/mol. The summed E-state index contributed by atoms with van der Waals surface area (Å²) in [5.74, 6) is -0.00697. The predicted octanol–water partition coefficient (Wildman–Crippen LogP) is 2.37. The van der Waals surface area contributed by atoms with Gasteiger partial charge in [-0.05, 0) is 6.42 Å². The lowest BCUT2D eigenvalue weighted by atomic mass is 10.0. The van der Waals surface area contributed by atoms with Gasteiger partial charge in [0, 0.05) is 11.6 Å². The molecule has 5 heteroatoms. The fourth-order valence-corrected chi connectivity index (χ4v) is 2.08. The Morgan fingerprint density at radius 1 is 1.50 bits per heavy atom. The molecule has 0 unspecified atom stereocenters. The molecule has 2 rings (SSSR count). The Kier molecular flexibility index (Phi) is 2.92. The Balaban J connectivity index is 2.67. The number of hydrogen-bond acceptors (Lipinski definition) is 3. The van der Waals surface area contributed by atoms with Gasteiger partial charge in [-0.15, -0.1) is 0 Å². The van der Waals surface area contributed by atoms with Crippen LogP contribution in [0.4, 0.5) is 0 Å². The third-order valence-electron chi connectivity index (χ3n) is 2.45. The van der Waals surface area contributed by atoms with E-state index in [0.717, 1.165) is 0 Å². The Morgan fingerprint density at radius 2 is 2.19 bits per heavy atom. The zero-order valence-electron chi connectivity index (χ0n) is 8.75. The van der Waals surface area contributed by atoms with Crippen molar-refractivity contribution >= 4 is 17.6 Å². The van der Waals surface area contributed by atoms with Gasteiger partial charge in [-0.1, -0.05) is 18.5 Å². The molecule has 1 N–H and O–H groups in total. The second-order valence-corrected chi connectivity index (χ2v) is 3.80. The number of rotatable bonds is 2. The number of halogens is 1. The van der Waals surface area contributed by atoms with Crippen molar-refractivity contribution in [2.24, 2.45) is 0 Å². The van der Waals surface area contributed by atoms with Gasteiger partial charge in [0.1, 0.15) is 13.2 Å². The van der Waals surface area contributed by atoms with Gasteiger partial charge in [-0.2, -0.15) is 0 Å². The van der Waals surface area contributed by atoms with Crippen LogP contribution in [0, 0.1) is 0 Å². The molecule has 0 spiro atoms. The summed E-state index contributed by atoms with van der Waals surface area (Å²) in [6.45, 7) is 2.75. The van der Waals surface area contributed by atoms with Crippen LogP contribution >= 0.6 is 11.6 Å². The summed E-state index contributed by atoms with van der Waals surface area (Å²) in [4.78, 5) is 11.1. The van der Waals surface area contributed by atoms with E-state index in [4.69, 9.17) is 26.2 Å². The summed E-state index contributed by atoms with van der Waals surface area (Å²) in [5, 5.41) is 9.29. The molecule has 16 heavy (non-hydrogen) atoms. The molecule has 1 aromatic carbocycles. The first-order valence-electron chi connectivity index (χ1n) is 4.99. The van der Waals surface area contributed by atoms with Gasteiger partial charge in [-0.3, -0.25) is 0 Å². The molecule has 1 heterocycles. The van der Waals surface area contributed by atoms with E-state index in [2.05, 4.69) is 0 Å². The molecule has 0 saturated carbocycles. The van der Waals surface area contributed by atoms with Crippen molar-refractivity contribution in [2.45, 2.75) is 13.3 Å². The monoisotopic (exact) mass is 242 g/mol. The molecule has 1 aromatic rings. The standard InChI is InChI=1S/C11H11ClO4/c1-2-6-9(11(13)14)7(12)5-8-10(6)16-4-3-15-8/h5H,2-4H2,1H3,(H,13,14). The highest BCUT2D eigenvalue weighted by Crippen LogP contribution is 2.40. The first-order chi connectivity index (χ1) is 7.65. The molecule has 0 amide bonds. The van der Waals surface area contributed by atoms with Crippen molar-refractivity contribution in [3.8, 4) is 11.5 Å². The zero-order chi connectivity index (χ0) is 11.7. The minimum Gasteiger partial charge on any atom is -0.486 e. The normalized spacial score (nSPS) is 13.6. The minimum absolute atomic E-state index is 0.105. The molecular formula is C11H11ClO4. The number of carboxylic acids is 1. The molecule has 4 nitrogen and oxygen atoms in total. The SMILES string of the molecule is CCc1c2c(cc(Cl)c1C(=O)O)OCCO2. The second-order valence-electron chi connectivity index (χ2n) is 3.39. The van der Waals surface area contributed by atoms with Crippen LogP contribution in [0.1, 0.15) is 22.8 Å². The van der Waals surface area contributed by atoms with Crippen LogP contribution in [0.2, 0.25) is 5.02 Å². The average Bonchev–Trinajstić information content (AvgIpc) is 2.26. The van der Waals surface area contributed by atoms with E-state index in [1.807, 2.05) is 6.92 Å². The molecule has 0 atom stereocenters. The van der Waals surface area contributed by atoms with Crippen LogP contribution < -0.4 is 9.47 Å². The Bertz CT molecular complexity index is 442. The molecule has 86 valence electrons. The largest absolute Gasteiger partial charge is 0.486 e. The van der Waals surface area contributed by atoms with Crippen LogP contribution in [-0.2, 0) is 6.42 Å². The van der Waals surface area contributed by atoms with Gasteiger partial charge >= 0.3 is 5.97 Å². The topological polar surface area (TPSA) is 55.8 Å². The number of fused-ring (bicyclic) bond motifs is 1. The first-order valence-corrected chi connectivity index (χ1v) is 5.37. The number of aromatic carboxylic acids is 1. The Labute approximate surface area is 97.7 Å². The second kappa shape index (κ2) is 4.22. The van der Waals surface area contributed by atoms with E-state index in [-0.39, 0.29) is 10.6 Å². The molecule has 0 aromatic heterocycles. The van der Waals surface area contributed by atoms with Gasteiger partial charge in [0.2, 0.25) is 0 Å². The fraction of sp³-hybridized carbons (Fsp3) is 0.364. The van der Waals surface area contributed by atoms with Crippen LogP contribution in [0.5, 0.6) is 11.5 Å². The lowest BCUT2D eigenvalue weighted by Gasteiger charge is -2.22. The number of benzene rings is 1. The minimum atomic E-state index is -1.04. The summed E-state index contributed by atoms with van der Waals surface area (Å²) in [6.07, 6.45) is 0.536. The van der Waals surface area contributed by atoms with Crippen molar-refractivity contribution in [1.29, 1.82) is 0 Å². The fourth-order valence-electron chi connectivity index (χ4n) is 1.79. The van der Waals surface area contributed by atoms with Gasteiger partial charge < -0.3 is 14.6 Å². The third kappa shape index (κ3) is 1.69. The molecule has 0 aliphatic carbocycles. The van der Waals surface area contributed by atoms with E-state index in [1.165, 1.54) is 6.07 Å². The Morgan fingerprint density at radius 3 is 2.81 bits per heavy atom. The highest BCUT2D eigenvalue weighted by atomic mass is 35.5. The van der Waals surface area contributed by atoms with Crippen molar-refractivity contribution < 1.29 is 19.4 Å². The third-order valence-corrected chi connectivity index (χ3v) is 2.75. The molecular weight excluding hydrogens is 232 g/mol. The zero-order valence-corrected chi connectivity index (χ0v) is 9.50. The number of hydrogen-bond donors (Lipinski definition) is 1. The maximum Gasteiger partial charge on any atom is 0.337 e. The van der Waals surface area contributed by atoms with E-state index < -0.39 is 5.97 Å². The van der Waals surface area contributed by atoms with Crippen LogP contribution in [0.3, 0.4) is 0 Å². The van der Waals surface area contributed by atoms with Crippen LogP contribution in [0.25, 0.3) is 0 Å². The highest BCUT2D eigenvalue weighted by Gasteiger charge is 2.24. The lowest BCUT2D eigenvalue weighted by Crippen LogP contribution is -2.18. The molecule has 1 aliphatic rings. The highest BCUT2D eigenvalue weighted by molar-refractivity contribution is 6.34. The quantitative estimate of drug-likeness (QED) is 0.865. The Hall–Kier alpha value is -1.42. The van der Waals surface area contributed by atoms with Gasteiger partial charge in [0.25, 0.3) is 0 Å². The van der Waals surface area contributed by atoms with Crippen LogP contribution in [-0.4, -0.2) is 24.3 Å². The van der Waals surface area contributed by atoms with E-state index in [0.29, 0.717) is 36.7 Å². The van der Waals surface area contributed by atoms with E-state index >= 15 is 0 Å². The smallest absolute Gasteiger partial charge is 0.337 e. The summed E-state index contributed by atoms with van der Waals surface area (Å²) in [5.41, 5.74) is 0.697. The van der Waals surface area contributed by atoms with Crippen molar-refractivity contribution in [1.82, 2.24) is 0 Å². The molecule has 0 saturated heterocycles. The summed E-state index contributed by atoms with van der Waals surface area (Å²) in [6, 6.07) is 1.50. The number of carbonyl (C=O) groups is 1. The molecule has 0 fully saturated rings.